The largest absolute Gasteiger partial charge is 0.362 e. The van der Waals surface area contributed by atoms with Gasteiger partial charge in [-0.1, -0.05) is 51.1 Å². The van der Waals surface area contributed by atoms with Gasteiger partial charge in [0.15, 0.2) is 0 Å². The maximum Gasteiger partial charge on any atom is 0.319 e. The van der Waals surface area contributed by atoms with Crippen molar-refractivity contribution >= 4 is 34.4 Å². The van der Waals surface area contributed by atoms with Gasteiger partial charge in [0.25, 0.3) is 0 Å². The molecule has 0 saturated heterocycles. The fourth-order valence-electron chi connectivity index (χ4n) is 5.01. The Morgan fingerprint density at radius 1 is 1.00 bits per heavy atom. The topological polar surface area (TPSA) is 82.2 Å². The van der Waals surface area contributed by atoms with Crippen LogP contribution in [0.15, 0.2) is 42.5 Å². The molecule has 1 aromatic heterocycles. The second-order valence-electron chi connectivity index (χ2n) is 11.2. The number of anilines is 3. The lowest BCUT2D eigenvalue weighted by molar-refractivity contribution is 0.246. The normalized spacial score (nSPS) is 18.1. The van der Waals surface area contributed by atoms with Crippen LogP contribution in [0.25, 0.3) is 10.9 Å². The first-order chi connectivity index (χ1) is 17.1. The van der Waals surface area contributed by atoms with Crippen molar-refractivity contribution in [3.05, 3.63) is 53.6 Å². The highest BCUT2D eigenvalue weighted by atomic mass is 16.2. The Kier molecular flexibility index (Phi) is 7.67. The van der Waals surface area contributed by atoms with Crippen molar-refractivity contribution in [2.75, 3.05) is 36.2 Å². The monoisotopic (exact) mass is 488 g/mol. The van der Waals surface area contributed by atoms with Crippen molar-refractivity contribution in [3.8, 4) is 0 Å². The molecule has 3 aromatic rings. The lowest BCUT2D eigenvalue weighted by atomic mass is 9.84. The molecule has 0 radical (unpaired) electrons. The number of para-hydroxylation sites is 2. The highest BCUT2D eigenvalue weighted by Crippen LogP contribution is 2.32. The summed E-state index contributed by atoms with van der Waals surface area (Å²) in [5, 5.41) is 10.8. The molecule has 192 valence electrons. The van der Waals surface area contributed by atoms with Crippen molar-refractivity contribution in [2.45, 2.75) is 64.8 Å². The van der Waals surface area contributed by atoms with Crippen molar-refractivity contribution < 1.29 is 4.79 Å². The summed E-state index contributed by atoms with van der Waals surface area (Å²) in [6, 6.07) is 14.5. The number of hydrogen-bond acceptors (Lipinski definition) is 5. The first-order valence-corrected chi connectivity index (χ1v) is 13.0. The Bertz CT molecular complexity index is 1210. The van der Waals surface area contributed by atoms with Gasteiger partial charge in [-0.2, -0.15) is 4.98 Å². The molecule has 2 amide bonds. The maximum atomic E-state index is 12.7. The number of fused-ring (bicyclic) bond motifs is 1. The van der Waals surface area contributed by atoms with Gasteiger partial charge in [-0.25, -0.2) is 9.78 Å². The third-order valence-electron chi connectivity index (χ3n) is 7.06. The summed E-state index contributed by atoms with van der Waals surface area (Å²) in [5.74, 6) is 2.09. The summed E-state index contributed by atoms with van der Waals surface area (Å²) in [5.41, 5.74) is 4.06. The van der Waals surface area contributed by atoms with Gasteiger partial charge >= 0.3 is 6.03 Å². The van der Waals surface area contributed by atoms with E-state index in [-0.39, 0.29) is 11.4 Å². The summed E-state index contributed by atoms with van der Waals surface area (Å²) < 4.78 is 0. The van der Waals surface area contributed by atoms with Crippen LogP contribution in [0.1, 0.15) is 57.6 Å². The van der Waals surface area contributed by atoms with Gasteiger partial charge in [0.2, 0.25) is 5.95 Å². The van der Waals surface area contributed by atoms with Crippen LogP contribution in [-0.4, -0.2) is 42.7 Å². The van der Waals surface area contributed by atoms with Crippen LogP contribution in [0.3, 0.4) is 0 Å². The predicted molar refractivity (Wildman–Crippen MR) is 150 cm³/mol. The average Bonchev–Trinajstić information content (AvgIpc) is 2.83. The smallest absolute Gasteiger partial charge is 0.319 e. The molecule has 0 aliphatic heterocycles. The Hall–Kier alpha value is -3.35. The number of urea groups is 1. The van der Waals surface area contributed by atoms with Crippen LogP contribution < -0.4 is 20.9 Å². The molecule has 1 fully saturated rings. The van der Waals surface area contributed by atoms with E-state index in [4.69, 9.17) is 9.97 Å². The lowest BCUT2D eigenvalue weighted by Gasteiger charge is -2.30. The number of amides is 2. The van der Waals surface area contributed by atoms with E-state index in [1.807, 2.05) is 50.2 Å². The number of benzene rings is 2. The van der Waals surface area contributed by atoms with Crippen LogP contribution in [0.5, 0.6) is 0 Å². The minimum Gasteiger partial charge on any atom is -0.362 e. The number of aromatic nitrogens is 2. The molecule has 7 heteroatoms. The van der Waals surface area contributed by atoms with E-state index in [0.717, 1.165) is 59.2 Å². The Morgan fingerprint density at radius 2 is 1.72 bits per heavy atom. The van der Waals surface area contributed by atoms with Crippen molar-refractivity contribution in [3.63, 3.8) is 0 Å². The number of nitrogens with zero attached hydrogens (tertiary/aromatic N) is 3. The summed E-state index contributed by atoms with van der Waals surface area (Å²) in [6.07, 6.45) is 4.19. The fourth-order valence-corrected chi connectivity index (χ4v) is 5.01. The lowest BCUT2D eigenvalue weighted by Crippen LogP contribution is -2.36. The number of rotatable bonds is 6. The van der Waals surface area contributed by atoms with Crippen molar-refractivity contribution in [1.29, 1.82) is 0 Å². The number of carbonyl (C=O) groups excluding carboxylic acids is 1. The molecule has 7 nitrogen and oxygen atoms in total. The van der Waals surface area contributed by atoms with Gasteiger partial charge in [0.05, 0.1) is 5.52 Å². The van der Waals surface area contributed by atoms with Crippen LogP contribution >= 0.6 is 0 Å². The predicted octanol–water partition coefficient (Wildman–Crippen LogP) is 6.09. The quantitative estimate of drug-likeness (QED) is 0.391. The summed E-state index contributed by atoms with van der Waals surface area (Å²) in [6.45, 7) is 9.23. The Morgan fingerprint density at radius 3 is 2.42 bits per heavy atom. The third-order valence-corrected chi connectivity index (χ3v) is 7.06. The number of carbonyl (C=O) groups is 1. The number of aryl methyl sites for hydroxylation is 1. The van der Waals surface area contributed by atoms with Gasteiger partial charge in [-0.3, -0.25) is 0 Å². The van der Waals surface area contributed by atoms with Crippen molar-refractivity contribution in [2.24, 2.45) is 5.92 Å². The zero-order chi connectivity index (χ0) is 25.9. The molecule has 4 rings (SSSR count). The molecule has 0 atom stereocenters. The standard InChI is InChI=1S/C29H40N6O/c1-19-10-9-12-23(29(2,3)4)25(19)33-28(36)30-18-20-14-16-21(17-15-20)31-27-32-24-13-8-7-11-22(24)26(34-27)35(5)6/h7-13,20-21H,14-18H2,1-6H3,(H2,30,33,36)(H,31,32,34). The highest BCUT2D eigenvalue weighted by Gasteiger charge is 2.24. The Balaban J connectivity index is 1.30. The van der Waals surface area contributed by atoms with Gasteiger partial charge in [0, 0.05) is 37.8 Å². The molecule has 36 heavy (non-hydrogen) atoms. The molecule has 0 spiro atoms. The summed E-state index contributed by atoms with van der Waals surface area (Å²) in [7, 11) is 4.02. The number of nitrogens with one attached hydrogen (secondary N) is 3. The highest BCUT2D eigenvalue weighted by molar-refractivity contribution is 5.91. The zero-order valence-electron chi connectivity index (χ0n) is 22.5. The average molecular weight is 489 g/mol. The van der Waals surface area contributed by atoms with Gasteiger partial charge < -0.3 is 20.9 Å². The summed E-state index contributed by atoms with van der Waals surface area (Å²) >= 11 is 0. The first-order valence-electron chi connectivity index (χ1n) is 13.0. The molecule has 1 heterocycles. The van der Waals surface area contributed by atoms with Crippen LogP contribution in [-0.2, 0) is 5.41 Å². The number of hydrogen-bond donors (Lipinski definition) is 3. The van der Waals surface area contributed by atoms with E-state index in [1.165, 1.54) is 0 Å². The van der Waals surface area contributed by atoms with Gasteiger partial charge in [-0.05, 0) is 67.2 Å². The maximum absolute atomic E-state index is 12.7. The fraction of sp³-hybridized carbons (Fsp3) is 0.483. The molecule has 0 unspecified atom stereocenters. The second-order valence-corrected chi connectivity index (χ2v) is 11.2. The summed E-state index contributed by atoms with van der Waals surface area (Å²) in [4.78, 5) is 24.3. The van der Waals surface area contributed by atoms with Gasteiger partial charge in [0.1, 0.15) is 5.82 Å². The SMILES string of the molecule is Cc1cccc(C(C)(C)C)c1NC(=O)NCC1CCC(Nc2nc(N(C)C)c3ccccc3n2)CC1. The second kappa shape index (κ2) is 10.7. The third kappa shape index (κ3) is 6.07. The minimum atomic E-state index is -0.129. The molecular weight excluding hydrogens is 448 g/mol. The molecule has 0 bridgehead atoms. The minimum absolute atomic E-state index is 0.0396. The molecule has 1 aliphatic rings. The molecule has 2 aromatic carbocycles. The molecule has 1 aliphatic carbocycles. The van der Waals surface area contributed by atoms with E-state index in [2.05, 4.69) is 54.9 Å². The van der Waals surface area contributed by atoms with Crippen molar-refractivity contribution in [1.82, 2.24) is 15.3 Å². The van der Waals surface area contributed by atoms with Crippen LogP contribution in [0.2, 0.25) is 0 Å². The van der Waals surface area contributed by atoms with Gasteiger partial charge in [-0.15, -0.1) is 0 Å². The van der Waals surface area contributed by atoms with E-state index < -0.39 is 0 Å². The first kappa shape index (κ1) is 25.7. The molecule has 3 N–H and O–H groups in total. The van der Waals surface area contributed by atoms with E-state index in [1.54, 1.807) is 0 Å². The Labute approximate surface area is 215 Å². The van der Waals surface area contributed by atoms with Crippen LogP contribution in [0, 0.1) is 12.8 Å². The molecule has 1 saturated carbocycles. The zero-order valence-corrected chi connectivity index (χ0v) is 22.5. The van der Waals surface area contributed by atoms with E-state index >= 15 is 0 Å². The van der Waals surface area contributed by atoms with E-state index in [0.29, 0.717) is 24.5 Å². The molecular formula is C29H40N6O. The van der Waals surface area contributed by atoms with Crippen LogP contribution in [0.4, 0.5) is 22.2 Å². The van der Waals surface area contributed by atoms with E-state index in [9.17, 15) is 4.79 Å².